The fraction of sp³-hybridized carbons (Fsp3) is 0.263. The highest BCUT2D eigenvalue weighted by Crippen LogP contribution is 2.15. The average molecular weight is 359 g/mol. The maximum Gasteiger partial charge on any atom is 0.282 e. The molecule has 2 aromatic rings. The Morgan fingerprint density at radius 2 is 2.04 bits per heavy atom. The van der Waals surface area contributed by atoms with Crippen LogP contribution in [0.3, 0.4) is 0 Å². The maximum absolute atomic E-state index is 12.4. The van der Waals surface area contributed by atoms with Crippen LogP contribution in [0.5, 0.6) is 5.75 Å². The van der Waals surface area contributed by atoms with E-state index in [9.17, 15) is 4.79 Å². The zero-order chi connectivity index (χ0) is 18.2. The van der Waals surface area contributed by atoms with Crippen molar-refractivity contribution in [2.45, 2.75) is 13.0 Å². The lowest BCUT2D eigenvalue weighted by molar-refractivity contribution is -0.894. The van der Waals surface area contributed by atoms with Gasteiger partial charge >= 0.3 is 0 Å². The van der Waals surface area contributed by atoms with Gasteiger partial charge in [0.25, 0.3) is 5.91 Å². The third-order valence-corrected chi connectivity index (χ3v) is 4.22. The van der Waals surface area contributed by atoms with Crippen molar-refractivity contribution in [1.29, 1.82) is 5.26 Å². The molecule has 1 amide bonds. The summed E-state index contributed by atoms with van der Waals surface area (Å²) in [7, 11) is 1.95. The Morgan fingerprint density at radius 3 is 2.72 bits per heavy atom. The molecule has 0 fully saturated rings. The third kappa shape index (κ3) is 5.79. The second kappa shape index (κ2) is 9.07. The number of anilines is 1. The number of quaternary nitrogens is 1. The van der Waals surface area contributed by atoms with E-state index in [1.54, 1.807) is 36.4 Å². The zero-order valence-corrected chi connectivity index (χ0v) is 15.0. The van der Waals surface area contributed by atoms with E-state index >= 15 is 0 Å². The molecular formula is C19H21ClN3O2+. The number of carbonyl (C=O) groups is 1. The van der Waals surface area contributed by atoms with Gasteiger partial charge in [-0.05, 0) is 49.4 Å². The van der Waals surface area contributed by atoms with Gasteiger partial charge in [0.15, 0.2) is 6.04 Å². The smallest absolute Gasteiger partial charge is 0.282 e. The number of likely N-dealkylation sites (N-methyl/N-ethyl adjacent to an activating group) is 1. The molecule has 25 heavy (non-hydrogen) atoms. The van der Waals surface area contributed by atoms with Crippen molar-refractivity contribution in [3.8, 4) is 11.8 Å². The molecule has 0 bridgehead atoms. The summed E-state index contributed by atoms with van der Waals surface area (Å²) in [5, 5.41) is 12.4. The normalized spacial score (nSPS) is 12.7. The Balaban J connectivity index is 1.81. The molecule has 0 aromatic heterocycles. The minimum atomic E-state index is -0.250. The van der Waals surface area contributed by atoms with E-state index in [-0.39, 0.29) is 11.9 Å². The van der Waals surface area contributed by atoms with Gasteiger partial charge in [-0.25, -0.2) is 0 Å². The lowest BCUT2D eigenvalue weighted by Crippen LogP contribution is -3.14. The number of carbonyl (C=O) groups excluding carboxylic acids is 1. The molecule has 0 spiro atoms. The van der Waals surface area contributed by atoms with Crippen LogP contribution in [0.15, 0.2) is 48.5 Å². The highest BCUT2D eigenvalue weighted by molar-refractivity contribution is 6.30. The van der Waals surface area contributed by atoms with Gasteiger partial charge < -0.3 is 15.0 Å². The first-order chi connectivity index (χ1) is 12.0. The Morgan fingerprint density at radius 1 is 1.32 bits per heavy atom. The van der Waals surface area contributed by atoms with Crippen LogP contribution in [0.1, 0.15) is 12.5 Å². The van der Waals surface area contributed by atoms with E-state index in [4.69, 9.17) is 21.6 Å². The van der Waals surface area contributed by atoms with Gasteiger partial charge in [0.05, 0.1) is 18.7 Å². The number of nitrogens with one attached hydrogen (secondary N) is 2. The SMILES string of the molecule is C[C@@H](C(=O)Nc1cccc(C#N)c1)[NH+](C)CCOc1ccc(Cl)cc1. The van der Waals surface area contributed by atoms with Gasteiger partial charge in [0.1, 0.15) is 18.9 Å². The van der Waals surface area contributed by atoms with Crippen LogP contribution in [-0.2, 0) is 4.79 Å². The van der Waals surface area contributed by atoms with Gasteiger partial charge in [-0.1, -0.05) is 17.7 Å². The first kappa shape index (κ1) is 18.8. The van der Waals surface area contributed by atoms with Crippen molar-refractivity contribution >= 4 is 23.2 Å². The predicted molar refractivity (Wildman–Crippen MR) is 97.9 cm³/mol. The molecule has 0 aliphatic rings. The van der Waals surface area contributed by atoms with Crippen molar-refractivity contribution in [3.05, 3.63) is 59.1 Å². The third-order valence-electron chi connectivity index (χ3n) is 3.97. The van der Waals surface area contributed by atoms with E-state index in [0.29, 0.717) is 29.4 Å². The van der Waals surface area contributed by atoms with Crippen molar-refractivity contribution in [2.24, 2.45) is 0 Å². The molecule has 2 rings (SSSR count). The Labute approximate surface area is 152 Å². The van der Waals surface area contributed by atoms with Crippen molar-refractivity contribution in [2.75, 3.05) is 25.5 Å². The number of halogens is 1. The van der Waals surface area contributed by atoms with Crippen LogP contribution in [0.4, 0.5) is 5.69 Å². The van der Waals surface area contributed by atoms with E-state index in [1.165, 1.54) is 0 Å². The van der Waals surface area contributed by atoms with Gasteiger partial charge in [-0.3, -0.25) is 4.79 Å². The Kier molecular flexibility index (Phi) is 6.81. The highest BCUT2D eigenvalue weighted by Gasteiger charge is 2.21. The molecule has 6 heteroatoms. The van der Waals surface area contributed by atoms with E-state index in [2.05, 4.69) is 11.4 Å². The zero-order valence-electron chi connectivity index (χ0n) is 14.3. The lowest BCUT2D eigenvalue weighted by Gasteiger charge is -2.21. The topological polar surface area (TPSA) is 66.6 Å². The number of benzene rings is 2. The van der Waals surface area contributed by atoms with Crippen LogP contribution in [-0.4, -0.2) is 32.1 Å². The molecule has 0 saturated carbocycles. The molecule has 5 nitrogen and oxygen atoms in total. The molecule has 2 aromatic carbocycles. The summed E-state index contributed by atoms with van der Waals surface area (Å²) in [6.45, 7) is 3.03. The van der Waals surface area contributed by atoms with Crippen LogP contribution < -0.4 is 15.0 Å². The summed E-state index contributed by atoms with van der Waals surface area (Å²) in [4.78, 5) is 13.4. The first-order valence-electron chi connectivity index (χ1n) is 8.01. The Bertz CT molecular complexity index is 756. The summed E-state index contributed by atoms with van der Waals surface area (Å²) in [5.74, 6) is 0.654. The summed E-state index contributed by atoms with van der Waals surface area (Å²) < 4.78 is 5.66. The molecule has 0 aliphatic heterocycles. The van der Waals surface area contributed by atoms with Crippen molar-refractivity contribution in [3.63, 3.8) is 0 Å². The van der Waals surface area contributed by atoms with Gasteiger partial charge in [-0.2, -0.15) is 5.26 Å². The standard InChI is InChI=1S/C19H20ClN3O2/c1-14(19(24)22-17-5-3-4-15(12-17)13-21)23(2)10-11-25-18-8-6-16(20)7-9-18/h3-9,12,14H,10-11H2,1-2H3,(H,22,24)/p+1/t14-/m0/s1. The van der Waals surface area contributed by atoms with Gasteiger partial charge in [0, 0.05) is 10.7 Å². The number of nitriles is 1. The number of hydrogen-bond donors (Lipinski definition) is 2. The number of rotatable bonds is 7. The summed E-state index contributed by atoms with van der Waals surface area (Å²) in [6, 6.07) is 15.9. The summed E-state index contributed by atoms with van der Waals surface area (Å²) in [5.41, 5.74) is 1.14. The fourth-order valence-corrected chi connectivity index (χ4v) is 2.34. The van der Waals surface area contributed by atoms with E-state index < -0.39 is 0 Å². The fourth-order valence-electron chi connectivity index (χ4n) is 2.22. The van der Waals surface area contributed by atoms with E-state index in [0.717, 1.165) is 10.6 Å². The molecule has 0 heterocycles. The minimum absolute atomic E-state index is 0.0981. The summed E-state index contributed by atoms with van der Waals surface area (Å²) in [6.07, 6.45) is 0. The van der Waals surface area contributed by atoms with E-state index in [1.807, 2.05) is 26.1 Å². The van der Waals surface area contributed by atoms with Crippen LogP contribution in [0, 0.1) is 11.3 Å². The molecule has 0 saturated heterocycles. The van der Waals surface area contributed by atoms with Crippen LogP contribution in [0.2, 0.25) is 5.02 Å². The number of ether oxygens (including phenoxy) is 1. The molecule has 2 N–H and O–H groups in total. The second-order valence-corrected chi connectivity index (χ2v) is 6.24. The maximum atomic E-state index is 12.4. The van der Waals surface area contributed by atoms with Crippen molar-refractivity contribution in [1.82, 2.24) is 0 Å². The number of amides is 1. The molecule has 0 aliphatic carbocycles. The monoisotopic (exact) mass is 358 g/mol. The summed E-state index contributed by atoms with van der Waals surface area (Å²) >= 11 is 5.84. The Hall–Kier alpha value is -2.55. The van der Waals surface area contributed by atoms with Gasteiger partial charge in [0.2, 0.25) is 0 Å². The average Bonchev–Trinajstić information content (AvgIpc) is 2.62. The van der Waals surface area contributed by atoms with Crippen LogP contribution >= 0.6 is 11.6 Å². The second-order valence-electron chi connectivity index (χ2n) is 5.80. The van der Waals surface area contributed by atoms with Crippen LogP contribution in [0.25, 0.3) is 0 Å². The molecule has 1 unspecified atom stereocenters. The first-order valence-corrected chi connectivity index (χ1v) is 8.39. The highest BCUT2D eigenvalue weighted by atomic mass is 35.5. The molecule has 130 valence electrons. The predicted octanol–water partition coefficient (Wildman–Crippen LogP) is 2.13. The number of hydrogen-bond acceptors (Lipinski definition) is 3. The quantitative estimate of drug-likeness (QED) is 0.796. The molecule has 0 radical (unpaired) electrons. The minimum Gasteiger partial charge on any atom is -0.488 e. The lowest BCUT2D eigenvalue weighted by atomic mass is 10.2. The molecular weight excluding hydrogens is 338 g/mol. The van der Waals surface area contributed by atoms with Crippen molar-refractivity contribution < 1.29 is 14.4 Å². The van der Waals surface area contributed by atoms with Gasteiger partial charge in [-0.15, -0.1) is 0 Å². The number of nitrogens with zero attached hydrogens (tertiary/aromatic N) is 1. The largest absolute Gasteiger partial charge is 0.488 e. The molecule has 2 atom stereocenters.